The van der Waals surface area contributed by atoms with Gasteiger partial charge in [-0.25, -0.2) is 4.39 Å². The van der Waals surface area contributed by atoms with E-state index in [1.807, 2.05) is 20.8 Å². The second-order valence-corrected chi connectivity index (χ2v) is 5.39. The van der Waals surface area contributed by atoms with Crippen molar-refractivity contribution in [2.75, 3.05) is 0 Å². The number of halogens is 1. The molecule has 96 valence electrons. The van der Waals surface area contributed by atoms with Gasteiger partial charge in [0.15, 0.2) is 0 Å². The van der Waals surface area contributed by atoms with Gasteiger partial charge in [0, 0.05) is 6.85 Å². The first-order chi connectivity index (χ1) is 10.3. The van der Waals surface area contributed by atoms with Gasteiger partial charge in [0.05, 0.1) is 0 Å². The summed E-state index contributed by atoms with van der Waals surface area (Å²) in [5.41, 5.74) is -0.528. The molecule has 1 N–H and O–H groups in total. The Hall–Kier alpha value is -1.57. The van der Waals surface area contributed by atoms with E-state index < -0.39 is 30.0 Å². The van der Waals surface area contributed by atoms with Crippen LogP contribution in [0.4, 0.5) is 4.39 Å². The third-order valence-corrected chi connectivity index (χ3v) is 2.98. The highest BCUT2D eigenvalue weighted by Gasteiger charge is 2.20. The molecule has 2 rings (SSSR count). The zero-order valence-electron chi connectivity index (χ0n) is 15.6. The predicted molar refractivity (Wildman–Crippen MR) is 73.6 cm³/mol. The largest absolute Gasteiger partial charge is 0.508 e. The normalized spacial score (nSPS) is 17.7. The van der Waals surface area contributed by atoms with E-state index in [1.165, 1.54) is 18.2 Å². The molecular weight excluding hydrogens is 227 g/mol. The summed E-state index contributed by atoms with van der Waals surface area (Å²) in [6, 6.07) is 5.26. The van der Waals surface area contributed by atoms with Gasteiger partial charge in [0.1, 0.15) is 11.6 Å². The summed E-state index contributed by atoms with van der Waals surface area (Å²) >= 11 is 0. The maximum atomic E-state index is 14.5. The Balaban J connectivity index is 3.04. The van der Waals surface area contributed by atoms with Crippen LogP contribution >= 0.6 is 0 Å². The predicted octanol–water partition coefficient (Wildman–Crippen LogP) is 4.54. The van der Waals surface area contributed by atoms with Crippen LogP contribution in [0, 0.1) is 5.82 Å². The number of hydrogen-bond donors (Lipinski definition) is 1. The van der Waals surface area contributed by atoms with Crippen molar-refractivity contribution in [1.82, 2.24) is 0 Å². The van der Waals surface area contributed by atoms with E-state index in [0.717, 1.165) is 6.07 Å². The number of rotatable bonds is 1. The fourth-order valence-corrected chi connectivity index (χ4v) is 2.14. The molecule has 0 fully saturated rings. The van der Waals surface area contributed by atoms with Crippen LogP contribution in [0.1, 0.15) is 45.6 Å². The van der Waals surface area contributed by atoms with Gasteiger partial charge < -0.3 is 5.11 Å². The quantitative estimate of drug-likeness (QED) is 0.788. The molecule has 2 heteroatoms. The Kier molecular flexibility index (Phi) is 1.84. The van der Waals surface area contributed by atoms with E-state index in [1.54, 1.807) is 0 Å². The smallest absolute Gasteiger partial charge is 0.127 e. The van der Waals surface area contributed by atoms with Crippen molar-refractivity contribution in [3.63, 3.8) is 0 Å². The lowest BCUT2D eigenvalue weighted by Gasteiger charge is -2.23. The fraction of sp³-hybridized carbons (Fsp3) is 0.375. The van der Waals surface area contributed by atoms with Crippen LogP contribution < -0.4 is 0 Å². The number of hydrogen-bond acceptors (Lipinski definition) is 1. The molecule has 2 aromatic rings. The fourth-order valence-electron chi connectivity index (χ4n) is 2.14. The maximum absolute atomic E-state index is 14.5. The summed E-state index contributed by atoms with van der Waals surface area (Å²) in [5.74, 6) is -0.941. The molecule has 0 heterocycles. The van der Waals surface area contributed by atoms with Gasteiger partial charge in [-0.05, 0) is 51.9 Å². The molecular formula is C16H19FO. The average molecular weight is 251 g/mol. The van der Waals surface area contributed by atoms with Crippen LogP contribution in [0.2, 0.25) is 0 Å². The Morgan fingerprint density at radius 2 is 2.06 bits per heavy atom. The van der Waals surface area contributed by atoms with Crippen molar-refractivity contribution in [2.24, 2.45) is 0 Å². The van der Waals surface area contributed by atoms with E-state index in [0.29, 0.717) is 10.9 Å². The Morgan fingerprint density at radius 1 is 1.33 bits per heavy atom. The number of phenolic OH excluding ortho intramolecular Hbond substituents is 1. The third kappa shape index (κ3) is 2.07. The van der Waals surface area contributed by atoms with E-state index in [2.05, 4.69) is 0 Å². The van der Waals surface area contributed by atoms with Crippen molar-refractivity contribution < 1.29 is 16.4 Å². The second kappa shape index (κ2) is 4.27. The first-order valence-electron chi connectivity index (χ1n) is 8.23. The maximum Gasteiger partial charge on any atom is 0.127 e. The molecule has 0 aliphatic carbocycles. The number of aryl methyl sites for hydroxylation is 1. The zero-order valence-corrected chi connectivity index (χ0v) is 10.6. The summed E-state index contributed by atoms with van der Waals surface area (Å²) < 4.78 is 52.8. The lowest BCUT2D eigenvalue weighted by molar-refractivity contribution is 0.472. The number of benzene rings is 2. The topological polar surface area (TPSA) is 20.2 Å². The SMILES string of the molecule is [2H]C([2H])([2H])C([2H])([2H])c1c(F)ccc2cc(O)cc(C(C)(C)C)c12. The van der Waals surface area contributed by atoms with Crippen LogP contribution in [0.15, 0.2) is 24.3 Å². The van der Waals surface area contributed by atoms with Crippen LogP contribution in [0.25, 0.3) is 10.8 Å². The molecule has 0 saturated carbocycles. The number of fused-ring (bicyclic) bond motifs is 1. The van der Waals surface area contributed by atoms with Crippen molar-refractivity contribution >= 4 is 10.8 Å². The van der Waals surface area contributed by atoms with E-state index >= 15 is 0 Å². The average Bonchev–Trinajstić information content (AvgIpc) is 2.35. The molecule has 0 aliphatic rings. The van der Waals surface area contributed by atoms with Crippen LogP contribution in [-0.4, -0.2) is 5.11 Å². The minimum Gasteiger partial charge on any atom is -0.508 e. The Bertz CT molecular complexity index is 760. The monoisotopic (exact) mass is 251 g/mol. The van der Waals surface area contributed by atoms with E-state index in [4.69, 9.17) is 6.85 Å². The molecule has 0 unspecified atom stereocenters. The van der Waals surface area contributed by atoms with Crippen LogP contribution in [0.3, 0.4) is 0 Å². The number of aromatic hydroxyl groups is 1. The summed E-state index contributed by atoms with van der Waals surface area (Å²) in [5, 5.41) is 10.5. The molecule has 0 saturated heterocycles. The van der Waals surface area contributed by atoms with Gasteiger partial charge in [-0.2, -0.15) is 0 Å². The van der Waals surface area contributed by atoms with E-state index in [9.17, 15) is 9.50 Å². The lowest BCUT2D eigenvalue weighted by Crippen LogP contribution is -2.12. The highest BCUT2D eigenvalue weighted by molar-refractivity contribution is 5.91. The summed E-state index contributed by atoms with van der Waals surface area (Å²) in [6.45, 7) is 2.48. The van der Waals surface area contributed by atoms with Crippen molar-refractivity contribution in [3.8, 4) is 5.75 Å². The summed E-state index contributed by atoms with van der Waals surface area (Å²) in [4.78, 5) is 0. The van der Waals surface area contributed by atoms with Crippen molar-refractivity contribution in [1.29, 1.82) is 0 Å². The number of phenols is 1. The highest BCUT2D eigenvalue weighted by atomic mass is 19.1. The first-order valence-corrected chi connectivity index (χ1v) is 5.73. The van der Waals surface area contributed by atoms with Crippen LogP contribution in [-0.2, 0) is 11.8 Å². The molecule has 0 spiro atoms. The van der Waals surface area contributed by atoms with Gasteiger partial charge in [0.2, 0.25) is 0 Å². The minimum atomic E-state index is -3.02. The molecule has 0 aromatic heterocycles. The molecule has 2 aromatic carbocycles. The lowest BCUT2D eigenvalue weighted by atomic mass is 9.81. The summed E-state index contributed by atoms with van der Waals surface area (Å²) in [7, 11) is 0. The van der Waals surface area contributed by atoms with Crippen molar-refractivity contribution in [3.05, 3.63) is 41.2 Å². The zero-order chi connectivity index (χ0) is 17.8. The van der Waals surface area contributed by atoms with Crippen molar-refractivity contribution in [2.45, 2.75) is 39.4 Å². The van der Waals surface area contributed by atoms with Crippen LogP contribution in [0.5, 0.6) is 5.75 Å². The Labute approximate surface area is 114 Å². The van der Waals surface area contributed by atoms with Gasteiger partial charge in [-0.3, -0.25) is 0 Å². The molecule has 0 bridgehead atoms. The van der Waals surface area contributed by atoms with Gasteiger partial charge in [0.25, 0.3) is 0 Å². The highest BCUT2D eigenvalue weighted by Crippen LogP contribution is 2.36. The molecule has 0 amide bonds. The standard InChI is InChI=1S/C16H19FO/c1-5-12-14(17)7-6-10-8-11(18)9-13(15(10)12)16(2,3)4/h6-9,18H,5H2,1-4H3/i1D3,5D2. The van der Waals surface area contributed by atoms with Gasteiger partial charge in [-0.15, -0.1) is 0 Å². The molecule has 0 radical (unpaired) electrons. The van der Waals surface area contributed by atoms with Gasteiger partial charge in [-0.1, -0.05) is 33.7 Å². The Morgan fingerprint density at radius 3 is 2.67 bits per heavy atom. The molecule has 0 atom stereocenters. The third-order valence-electron chi connectivity index (χ3n) is 2.98. The molecule has 0 aliphatic heterocycles. The molecule has 1 nitrogen and oxygen atoms in total. The summed E-state index contributed by atoms with van der Waals surface area (Å²) in [6.07, 6.45) is -2.85. The second-order valence-electron chi connectivity index (χ2n) is 5.39. The molecule has 18 heavy (non-hydrogen) atoms. The minimum absolute atomic E-state index is 0.0329. The first kappa shape index (κ1) is 7.78. The van der Waals surface area contributed by atoms with Gasteiger partial charge >= 0.3 is 0 Å². The van der Waals surface area contributed by atoms with E-state index in [-0.39, 0.29) is 11.1 Å².